The minimum Gasteiger partial charge on any atom is -0.394 e. The fourth-order valence-corrected chi connectivity index (χ4v) is 1.64. The molecule has 0 aliphatic heterocycles. The van der Waals surface area contributed by atoms with E-state index in [4.69, 9.17) is 0 Å². The van der Waals surface area contributed by atoms with Crippen molar-refractivity contribution >= 4 is 5.91 Å². The number of aliphatic hydroxyl groups is 1. The summed E-state index contributed by atoms with van der Waals surface area (Å²) in [5, 5.41) is 12.7. The van der Waals surface area contributed by atoms with Crippen molar-refractivity contribution in [1.82, 2.24) is 10.2 Å². The molecule has 1 amide bonds. The molecule has 0 heterocycles. The molecule has 18 heavy (non-hydrogen) atoms. The van der Waals surface area contributed by atoms with Gasteiger partial charge in [0.2, 0.25) is 5.91 Å². The molecule has 1 atom stereocenters. The third kappa shape index (κ3) is 3.55. The predicted octanol–water partition coefficient (Wildman–Crippen LogP) is 0.962. The van der Waals surface area contributed by atoms with Crippen LogP contribution in [0.25, 0.3) is 0 Å². The van der Waals surface area contributed by atoms with E-state index in [-0.39, 0.29) is 19.1 Å². The second-order valence-corrected chi connectivity index (χ2v) is 4.62. The number of aliphatic hydroxyl groups excluding tert-OH is 1. The normalized spacial score (nSPS) is 14.0. The largest absolute Gasteiger partial charge is 0.394 e. The number of benzene rings is 1. The monoisotopic (exact) mass is 250 g/mol. The molecule has 0 fully saturated rings. The van der Waals surface area contributed by atoms with Crippen LogP contribution in [-0.2, 0) is 10.3 Å². The molecule has 4 nitrogen and oxygen atoms in total. The standard InChI is InChI=1S/C14H22N2O2/c1-4-16(3)13(18)10-15-14(2,11-17)12-8-6-5-7-9-12/h5-9,15,17H,4,10-11H2,1-3H3. The van der Waals surface area contributed by atoms with E-state index in [1.54, 1.807) is 11.9 Å². The van der Waals surface area contributed by atoms with Crippen molar-refractivity contribution in [3.05, 3.63) is 35.9 Å². The fraction of sp³-hybridized carbons (Fsp3) is 0.500. The van der Waals surface area contributed by atoms with Crippen molar-refractivity contribution in [2.45, 2.75) is 19.4 Å². The van der Waals surface area contributed by atoms with Gasteiger partial charge in [0.15, 0.2) is 0 Å². The van der Waals surface area contributed by atoms with Gasteiger partial charge in [-0.15, -0.1) is 0 Å². The first-order valence-corrected chi connectivity index (χ1v) is 6.19. The minimum atomic E-state index is -0.592. The van der Waals surface area contributed by atoms with Crippen LogP contribution in [0.2, 0.25) is 0 Å². The molecular weight excluding hydrogens is 228 g/mol. The summed E-state index contributed by atoms with van der Waals surface area (Å²) in [7, 11) is 1.77. The van der Waals surface area contributed by atoms with Gasteiger partial charge in [-0.3, -0.25) is 10.1 Å². The van der Waals surface area contributed by atoms with E-state index in [2.05, 4.69) is 5.32 Å². The van der Waals surface area contributed by atoms with Crippen LogP contribution in [0.4, 0.5) is 0 Å². The van der Waals surface area contributed by atoms with Gasteiger partial charge in [-0.2, -0.15) is 0 Å². The molecule has 0 aliphatic carbocycles. The Labute approximate surface area is 109 Å². The van der Waals surface area contributed by atoms with Gasteiger partial charge in [0, 0.05) is 13.6 Å². The summed E-state index contributed by atoms with van der Waals surface area (Å²) in [6, 6.07) is 9.65. The SMILES string of the molecule is CCN(C)C(=O)CNC(C)(CO)c1ccccc1. The Hall–Kier alpha value is -1.39. The summed E-state index contributed by atoms with van der Waals surface area (Å²) in [6.07, 6.45) is 0. The molecule has 0 radical (unpaired) electrons. The molecule has 100 valence electrons. The summed E-state index contributed by atoms with van der Waals surface area (Å²) in [5.41, 5.74) is 0.380. The highest BCUT2D eigenvalue weighted by Gasteiger charge is 2.26. The van der Waals surface area contributed by atoms with Gasteiger partial charge in [0.1, 0.15) is 0 Å². The lowest BCUT2D eigenvalue weighted by molar-refractivity contribution is -0.129. The number of hydrogen-bond acceptors (Lipinski definition) is 3. The van der Waals surface area contributed by atoms with Crippen LogP contribution >= 0.6 is 0 Å². The van der Waals surface area contributed by atoms with E-state index in [1.165, 1.54) is 0 Å². The van der Waals surface area contributed by atoms with Crippen molar-refractivity contribution in [1.29, 1.82) is 0 Å². The number of likely N-dealkylation sites (N-methyl/N-ethyl adjacent to an activating group) is 1. The van der Waals surface area contributed by atoms with Crippen LogP contribution in [0.5, 0.6) is 0 Å². The van der Waals surface area contributed by atoms with Crippen LogP contribution in [0.1, 0.15) is 19.4 Å². The van der Waals surface area contributed by atoms with E-state index < -0.39 is 5.54 Å². The summed E-state index contributed by atoms with van der Waals surface area (Å²) in [4.78, 5) is 13.4. The number of nitrogens with zero attached hydrogens (tertiary/aromatic N) is 1. The highest BCUT2D eigenvalue weighted by atomic mass is 16.3. The second-order valence-electron chi connectivity index (χ2n) is 4.62. The molecule has 0 bridgehead atoms. The van der Waals surface area contributed by atoms with Gasteiger partial charge in [-0.1, -0.05) is 30.3 Å². The predicted molar refractivity (Wildman–Crippen MR) is 72.2 cm³/mol. The quantitative estimate of drug-likeness (QED) is 0.791. The highest BCUT2D eigenvalue weighted by molar-refractivity contribution is 5.78. The van der Waals surface area contributed by atoms with Crippen molar-refractivity contribution < 1.29 is 9.90 Å². The third-order valence-electron chi connectivity index (χ3n) is 3.26. The molecule has 0 spiro atoms. The summed E-state index contributed by atoms with van der Waals surface area (Å²) in [5.74, 6) is 0.0214. The van der Waals surface area contributed by atoms with E-state index in [0.29, 0.717) is 6.54 Å². The molecule has 1 rings (SSSR count). The zero-order valence-electron chi connectivity index (χ0n) is 11.3. The number of amides is 1. The minimum absolute atomic E-state index is 0.0214. The van der Waals surface area contributed by atoms with E-state index in [9.17, 15) is 9.90 Å². The van der Waals surface area contributed by atoms with Gasteiger partial charge in [0.05, 0.1) is 18.7 Å². The van der Waals surface area contributed by atoms with Crippen LogP contribution in [0, 0.1) is 0 Å². The van der Waals surface area contributed by atoms with Crippen LogP contribution in [0.3, 0.4) is 0 Å². The van der Waals surface area contributed by atoms with Crippen LogP contribution in [0.15, 0.2) is 30.3 Å². The second kappa shape index (κ2) is 6.52. The fourth-order valence-electron chi connectivity index (χ4n) is 1.64. The lowest BCUT2D eigenvalue weighted by atomic mass is 9.93. The number of carbonyl (C=O) groups excluding carboxylic acids is 1. The highest BCUT2D eigenvalue weighted by Crippen LogP contribution is 2.19. The van der Waals surface area contributed by atoms with Crippen molar-refractivity contribution in [3.63, 3.8) is 0 Å². The van der Waals surface area contributed by atoms with E-state index in [0.717, 1.165) is 5.56 Å². The molecule has 4 heteroatoms. The Morgan fingerprint density at radius 2 is 2.00 bits per heavy atom. The number of hydrogen-bond donors (Lipinski definition) is 2. The van der Waals surface area contributed by atoms with Crippen molar-refractivity contribution in [2.24, 2.45) is 0 Å². The summed E-state index contributed by atoms with van der Waals surface area (Å²) < 4.78 is 0. The van der Waals surface area contributed by atoms with Gasteiger partial charge in [-0.25, -0.2) is 0 Å². The lowest BCUT2D eigenvalue weighted by Crippen LogP contribution is -2.47. The zero-order chi connectivity index (χ0) is 13.6. The first-order valence-electron chi connectivity index (χ1n) is 6.19. The average Bonchev–Trinajstić information content (AvgIpc) is 2.44. The van der Waals surface area contributed by atoms with Crippen LogP contribution < -0.4 is 5.32 Å². The molecule has 0 aromatic heterocycles. The van der Waals surface area contributed by atoms with E-state index >= 15 is 0 Å². The molecule has 0 saturated carbocycles. The van der Waals surface area contributed by atoms with Crippen LogP contribution in [-0.4, -0.2) is 42.7 Å². The number of rotatable bonds is 6. The first-order chi connectivity index (χ1) is 8.53. The third-order valence-corrected chi connectivity index (χ3v) is 3.26. The maximum absolute atomic E-state index is 11.7. The molecule has 1 aromatic rings. The maximum Gasteiger partial charge on any atom is 0.236 e. The topological polar surface area (TPSA) is 52.6 Å². The van der Waals surface area contributed by atoms with Gasteiger partial charge >= 0.3 is 0 Å². The zero-order valence-corrected chi connectivity index (χ0v) is 11.3. The maximum atomic E-state index is 11.7. The Balaban J connectivity index is 2.70. The Morgan fingerprint density at radius 3 is 2.50 bits per heavy atom. The molecule has 2 N–H and O–H groups in total. The van der Waals surface area contributed by atoms with Crippen molar-refractivity contribution in [2.75, 3.05) is 26.7 Å². The number of carbonyl (C=O) groups is 1. The van der Waals surface area contributed by atoms with Gasteiger partial charge in [-0.05, 0) is 19.4 Å². The van der Waals surface area contributed by atoms with Gasteiger partial charge in [0.25, 0.3) is 0 Å². The molecular formula is C14H22N2O2. The first kappa shape index (κ1) is 14.7. The van der Waals surface area contributed by atoms with Crippen molar-refractivity contribution in [3.8, 4) is 0 Å². The summed E-state index contributed by atoms with van der Waals surface area (Å²) in [6.45, 7) is 4.67. The smallest absolute Gasteiger partial charge is 0.236 e. The average molecular weight is 250 g/mol. The Bertz CT molecular complexity index is 381. The summed E-state index contributed by atoms with van der Waals surface area (Å²) >= 11 is 0. The molecule has 0 aliphatic rings. The Kier molecular flexibility index (Phi) is 5.31. The Morgan fingerprint density at radius 1 is 1.39 bits per heavy atom. The number of nitrogens with one attached hydrogen (secondary N) is 1. The van der Waals surface area contributed by atoms with E-state index in [1.807, 2.05) is 44.2 Å². The molecule has 1 unspecified atom stereocenters. The van der Waals surface area contributed by atoms with Gasteiger partial charge < -0.3 is 10.0 Å². The lowest BCUT2D eigenvalue weighted by Gasteiger charge is -2.30. The molecule has 0 saturated heterocycles. The molecule has 1 aromatic carbocycles.